The molecule has 1 aromatic rings. The number of nitriles is 1. The number of aromatic nitrogens is 1. The zero-order valence-electron chi connectivity index (χ0n) is 5.36. The van der Waals surface area contributed by atoms with Crippen LogP contribution >= 0.6 is 0 Å². The van der Waals surface area contributed by atoms with Crippen molar-refractivity contribution >= 4 is 0 Å². The summed E-state index contributed by atoms with van der Waals surface area (Å²) in [5, 5.41) is 8.39. The van der Waals surface area contributed by atoms with Gasteiger partial charge in [-0.3, -0.25) is 4.98 Å². The van der Waals surface area contributed by atoms with Crippen LogP contribution in [-0.4, -0.2) is 4.98 Å². The molecule has 3 heteroatoms. The minimum atomic E-state index is -0.548. The van der Waals surface area contributed by atoms with Crippen LogP contribution in [-0.2, 0) is 0 Å². The average molecular weight is 133 g/mol. The molecule has 0 aliphatic carbocycles. The van der Waals surface area contributed by atoms with Gasteiger partial charge in [0.1, 0.15) is 6.04 Å². The van der Waals surface area contributed by atoms with Crippen molar-refractivity contribution in [2.75, 3.05) is 0 Å². The van der Waals surface area contributed by atoms with Crippen molar-refractivity contribution in [1.29, 1.82) is 5.26 Å². The van der Waals surface area contributed by atoms with Crippen molar-refractivity contribution in [1.82, 2.24) is 4.98 Å². The van der Waals surface area contributed by atoms with Crippen molar-refractivity contribution in [3.05, 3.63) is 30.1 Å². The fourth-order valence-electron chi connectivity index (χ4n) is 0.634. The van der Waals surface area contributed by atoms with E-state index >= 15 is 0 Å². The molecule has 0 bridgehead atoms. The predicted octanol–water partition coefficient (Wildman–Crippen LogP) is 0.605. The molecule has 0 amide bonds. The van der Waals surface area contributed by atoms with Gasteiger partial charge in [0, 0.05) is 18.0 Å². The van der Waals surface area contributed by atoms with E-state index in [1.165, 1.54) is 0 Å². The summed E-state index contributed by atoms with van der Waals surface area (Å²) in [7, 11) is 0. The summed E-state index contributed by atoms with van der Waals surface area (Å²) in [6.07, 6.45) is 3.24. The van der Waals surface area contributed by atoms with Gasteiger partial charge in [-0.05, 0) is 6.07 Å². The maximum Gasteiger partial charge on any atom is 0.120 e. The van der Waals surface area contributed by atoms with Gasteiger partial charge in [0.25, 0.3) is 0 Å². The molecule has 1 atom stereocenters. The van der Waals surface area contributed by atoms with Gasteiger partial charge >= 0.3 is 0 Å². The number of hydrogen-bond acceptors (Lipinski definition) is 3. The second-order valence-electron chi connectivity index (χ2n) is 1.89. The zero-order chi connectivity index (χ0) is 7.40. The van der Waals surface area contributed by atoms with Crippen LogP contribution in [0.4, 0.5) is 0 Å². The van der Waals surface area contributed by atoms with E-state index in [1.807, 2.05) is 6.07 Å². The normalized spacial score (nSPS) is 12.0. The third-order valence-corrected chi connectivity index (χ3v) is 1.18. The van der Waals surface area contributed by atoms with Gasteiger partial charge in [0.05, 0.1) is 6.07 Å². The maximum atomic E-state index is 8.39. The maximum absolute atomic E-state index is 8.39. The summed E-state index contributed by atoms with van der Waals surface area (Å²) >= 11 is 0. The smallest absolute Gasteiger partial charge is 0.120 e. The summed E-state index contributed by atoms with van der Waals surface area (Å²) in [5.41, 5.74) is 6.15. The Kier molecular flexibility index (Phi) is 1.98. The van der Waals surface area contributed by atoms with Crippen LogP contribution in [0.1, 0.15) is 11.6 Å². The highest BCUT2D eigenvalue weighted by molar-refractivity contribution is 5.18. The molecule has 0 radical (unpaired) electrons. The molecule has 0 aliphatic rings. The van der Waals surface area contributed by atoms with E-state index in [0.29, 0.717) is 0 Å². The quantitative estimate of drug-likeness (QED) is 0.610. The number of nitrogens with zero attached hydrogens (tertiary/aromatic N) is 2. The second-order valence-corrected chi connectivity index (χ2v) is 1.89. The molecule has 0 spiro atoms. The molecular formula is C7H7N3. The van der Waals surface area contributed by atoms with E-state index in [1.54, 1.807) is 24.5 Å². The summed E-state index contributed by atoms with van der Waals surface area (Å²) < 4.78 is 0. The van der Waals surface area contributed by atoms with E-state index in [4.69, 9.17) is 11.0 Å². The number of hydrogen-bond donors (Lipinski definition) is 1. The first kappa shape index (κ1) is 6.72. The molecule has 2 N–H and O–H groups in total. The molecule has 0 fully saturated rings. The molecule has 3 nitrogen and oxygen atoms in total. The third-order valence-electron chi connectivity index (χ3n) is 1.18. The van der Waals surface area contributed by atoms with Crippen molar-refractivity contribution in [2.24, 2.45) is 5.73 Å². The lowest BCUT2D eigenvalue weighted by atomic mass is 10.1. The van der Waals surface area contributed by atoms with Crippen LogP contribution in [0.25, 0.3) is 0 Å². The second kappa shape index (κ2) is 2.95. The van der Waals surface area contributed by atoms with E-state index in [9.17, 15) is 0 Å². The highest BCUT2D eigenvalue weighted by Crippen LogP contribution is 2.04. The Hall–Kier alpha value is -1.40. The molecule has 1 heterocycles. The van der Waals surface area contributed by atoms with Crippen LogP contribution in [0.15, 0.2) is 24.5 Å². The van der Waals surface area contributed by atoms with Gasteiger partial charge in [0.2, 0.25) is 0 Å². The minimum absolute atomic E-state index is 0.548. The Balaban J connectivity index is 2.88. The van der Waals surface area contributed by atoms with E-state index in [-0.39, 0.29) is 0 Å². The van der Waals surface area contributed by atoms with Crippen LogP contribution < -0.4 is 5.73 Å². The summed E-state index contributed by atoms with van der Waals surface area (Å²) in [5.74, 6) is 0. The SMILES string of the molecule is N#C[C@@H](N)c1cccnc1. The molecule has 0 aromatic carbocycles. The molecular weight excluding hydrogens is 126 g/mol. The fraction of sp³-hybridized carbons (Fsp3) is 0.143. The molecule has 0 aliphatic heterocycles. The van der Waals surface area contributed by atoms with Crippen LogP contribution in [0, 0.1) is 11.3 Å². The van der Waals surface area contributed by atoms with E-state index in [0.717, 1.165) is 5.56 Å². The van der Waals surface area contributed by atoms with Gasteiger partial charge in [-0.25, -0.2) is 0 Å². The van der Waals surface area contributed by atoms with Crippen molar-refractivity contribution in [3.63, 3.8) is 0 Å². The lowest BCUT2D eigenvalue weighted by Crippen LogP contribution is -2.06. The summed E-state index contributed by atoms with van der Waals surface area (Å²) in [4.78, 5) is 3.82. The summed E-state index contributed by atoms with van der Waals surface area (Å²) in [6.45, 7) is 0. The zero-order valence-corrected chi connectivity index (χ0v) is 5.36. The van der Waals surface area contributed by atoms with E-state index in [2.05, 4.69) is 4.98 Å². The largest absolute Gasteiger partial charge is 0.312 e. The number of rotatable bonds is 1. The number of nitrogens with two attached hydrogens (primary N) is 1. The Morgan fingerprint density at radius 3 is 3.00 bits per heavy atom. The van der Waals surface area contributed by atoms with Gasteiger partial charge in [-0.15, -0.1) is 0 Å². The summed E-state index contributed by atoms with van der Waals surface area (Å²) in [6, 6.07) is 4.91. The van der Waals surface area contributed by atoms with Gasteiger partial charge in [0.15, 0.2) is 0 Å². The standard InChI is InChI=1S/C7H7N3/c8-4-7(9)6-2-1-3-10-5-6/h1-3,5,7H,9H2/t7-/m1/s1. The predicted molar refractivity (Wildman–Crippen MR) is 36.8 cm³/mol. The topological polar surface area (TPSA) is 62.7 Å². The monoisotopic (exact) mass is 133 g/mol. The Bertz CT molecular complexity index is 237. The lowest BCUT2D eigenvalue weighted by Gasteiger charge is -1.98. The Labute approximate surface area is 59.1 Å². The molecule has 0 saturated heterocycles. The molecule has 1 rings (SSSR count). The lowest BCUT2D eigenvalue weighted by molar-refractivity contribution is 0.915. The molecule has 50 valence electrons. The van der Waals surface area contributed by atoms with Gasteiger partial charge in [-0.2, -0.15) is 5.26 Å². The fourth-order valence-corrected chi connectivity index (χ4v) is 0.634. The van der Waals surface area contributed by atoms with Crippen molar-refractivity contribution in [3.8, 4) is 6.07 Å². The third kappa shape index (κ3) is 1.30. The molecule has 1 aromatic heterocycles. The molecule has 10 heavy (non-hydrogen) atoms. The van der Waals surface area contributed by atoms with Gasteiger partial charge < -0.3 is 5.73 Å². The van der Waals surface area contributed by atoms with Crippen molar-refractivity contribution < 1.29 is 0 Å². The van der Waals surface area contributed by atoms with Crippen LogP contribution in [0.2, 0.25) is 0 Å². The Morgan fingerprint density at radius 1 is 1.70 bits per heavy atom. The first-order valence-corrected chi connectivity index (χ1v) is 2.89. The number of pyridine rings is 1. The molecule has 0 unspecified atom stereocenters. The first-order chi connectivity index (χ1) is 4.84. The van der Waals surface area contributed by atoms with Crippen LogP contribution in [0.3, 0.4) is 0 Å². The minimum Gasteiger partial charge on any atom is -0.312 e. The van der Waals surface area contributed by atoms with E-state index < -0.39 is 6.04 Å². The van der Waals surface area contributed by atoms with Crippen molar-refractivity contribution in [2.45, 2.75) is 6.04 Å². The van der Waals surface area contributed by atoms with Gasteiger partial charge in [-0.1, -0.05) is 6.07 Å². The first-order valence-electron chi connectivity index (χ1n) is 2.89. The highest BCUT2D eigenvalue weighted by Gasteiger charge is 2.00. The highest BCUT2D eigenvalue weighted by atomic mass is 14.7. The Morgan fingerprint density at radius 2 is 2.50 bits per heavy atom. The van der Waals surface area contributed by atoms with Crippen LogP contribution in [0.5, 0.6) is 0 Å². The average Bonchev–Trinajstić information content (AvgIpc) is 2.05. The molecule has 0 saturated carbocycles.